The average Bonchev–Trinajstić information content (AvgIpc) is 2.96. The summed E-state index contributed by atoms with van der Waals surface area (Å²) < 4.78 is 20.7. The molecule has 37 heavy (non-hydrogen) atoms. The highest BCUT2D eigenvalue weighted by Gasteiger charge is 2.32. The van der Waals surface area contributed by atoms with Crippen LogP contribution in [0.5, 0.6) is 0 Å². The quantitative estimate of drug-likeness (QED) is 0.444. The molecule has 1 fully saturated rings. The van der Waals surface area contributed by atoms with Crippen molar-refractivity contribution in [2.24, 2.45) is 0 Å². The number of anilines is 2. The number of nitrogens with one attached hydrogen (secondary N) is 1. The number of nitrogens with zero attached hydrogens (tertiary/aromatic N) is 2. The molecule has 2 heterocycles. The fraction of sp³-hybridized carbons (Fsp3) is 0.370. The van der Waals surface area contributed by atoms with Crippen molar-refractivity contribution in [3.05, 3.63) is 71.4 Å². The van der Waals surface area contributed by atoms with E-state index in [9.17, 15) is 14.4 Å². The summed E-state index contributed by atoms with van der Waals surface area (Å²) in [6.45, 7) is 1.54. The maximum Gasteiger partial charge on any atom is 0.410 e. The number of piperidine rings is 1. The molecule has 1 N–H and O–H groups in total. The molecule has 2 aromatic rings. The molecule has 10 nitrogen and oxygen atoms in total. The lowest BCUT2D eigenvalue weighted by Gasteiger charge is -2.33. The monoisotopic (exact) mass is 509 g/mol. The smallest absolute Gasteiger partial charge is 0.410 e. The molecule has 2 aliphatic rings. The van der Waals surface area contributed by atoms with Crippen molar-refractivity contribution in [3.8, 4) is 0 Å². The zero-order valence-electron chi connectivity index (χ0n) is 21.0. The summed E-state index contributed by atoms with van der Waals surface area (Å²) in [5.74, 6) is -1.28. The Bertz CT molecular complexity index is 1130. The molecule has 1 amide bonds. The molecular formula is C27H31N3O7. The van der Waals surface area contributed by atoms with Gasteiger partial charge in [-0.15, -0.1) is 0 Å². The lowest BCUT2D eigenvalue weighted by atomic mass is 10.0. The van der Waals surface area contributed by atoms with Crippen molar-refractivity contribution in [3.63, 3.8) is 0 Å². The van der Waals surface area contributed by atoms with Gasteiger partial charge in [0.2, 0.25) is 0 Å². The fourth-order valence-electron chi connectivity index (χ4n) is 4.34. The van der Waals surface area contributed by atoms with Crippen LogP contribution in [0.1, 0.15) is 18.4 Å². The second-order valence-corrected chi connectivity index (χ2v) is 8.71. The highest BCUT2D eigenvalue weighted by molar-refractivity contribution is 6.03. The van der Waals surface area contributed by atoms with E-state index >= 15 is 0 Å². The van der Waals surface area contributed by atoms with Gasteiger partial charge in [-0.25, -0.2) is 14.4 Å². The fourth-order valence-corrected chi connectivity index (χ4v) is 4.34. The summed E-state index contributed by atoms with van der Waals surface area (Å²) in [6.07, 6.45) is 1.29. The van der Waals surface area contributed by atoms with Crippen LogP contribution in [0.15, 0.2) is 65.9 Å². The van der Waals surface area contributed by atoms with Gasteiger partial charge in [-0.2, -0.15) is 0 Å². The van der Waals surface area contributed by atoms with Crippen molar-refractivity contribution >= 4 is 29.4 Å². The van der Waals surface area contributed by atoms with Crippen molar-refractivity contribution in [2.75, 3.05) is 50.9 Å². The van der Waals surface area contributed by atoms with Gasteiger partial charge in [-0.05, 0) is 42.7 Å². The molecular weight excluding hydrogens is 478 g/mol. The second kappa shape index (κ2) is 12.3. The first kappa shape index (κ1) is 26.0. The number of rotatable bonds is 7. The topological polar surface area (TPSA) is 107 Å². The third-order valence-corrected chi connectivity index (χ3v) is 6.34. The number of methoxy groups -OCH3 is 2. The standard InChI is InChI=1S/C27H31N3O7/c1-34-25(31)23-17-36-18-30(24(23)26(32)35-2)22-10-8-20(9-11-22)28-21-12-14-29(15-13-21)27(33)37-16-19-6-4-3-5-7-19/h3-11,21,28H,12-18H2,1-2H3. The Morgan fingerprint density at radius 2 is 1.62 bits per heavy atom. The van der Waals surface area contributed by atoms with Gasteiger partial charge in [0.05, 0.1) is 26.4 Å². The first-order valence-electron chi connectivity index (χ1n) is 12.1. The van der Waals surface area contributed by atoms with Gasteiger partial charge in [-0.1, -0.05) is 30.3 Å². The molecule has 1 saturated heterocycles. The number of hydrogen-bond acceptors (Lipinski definition) is 9. The molecule has 0 saturated carbocycles. The van der Waals surface area contributed by atoms with Crippen LogP contribution in [-0.2, 0) is 35.1 Å². The number of ether oxygens (including phenoxy) is 4. The van der Waals surface area contributed by atoms with E-state index in [1.54, 1.807) is 9.80 Å². The SMILES string of the molecule is COC(=O)C1=C(C(=O)OC)N(c2ccc(NC3CCN(C(=O)OCc4ccccc4)CC3)cc2)COC1. The van der Waals surface area contributed by atoms with Gasteiger partial charge in [0, 0.05) is 30.5 Å². The van der Waals surface area contributed by atoms with E-state index in [2.05, 4.69) is 5.32 Å². The molecule has 4 rings (SSSR count). The summed E-state index contributed by atoms with van der Waals surface area (Å²) in [7, 11) is 2.51. The molecule has 0 atom stereocenters. The van der Waals surface area contributed by atoms with Gasteiger partial charge >= 0.3 is 18.0 Å². The number of carbonyl (C=O) groups excluding carboxylic acids is 3. The van der Waals surface area contributed by atoms with E-state index in [0.717, 1.165) is 24.1 Å². The summed E-state index contributed by atoms with van der Waals surface area (Å²) in [5.41, 5.74) is 2.75. The number of carbonyl (C=O) groups is 3. The predicted octanol–water partition coefficient (Wildman–Crippen LogP) is 3.29. The van der Waals surface area contributed by atoms with E-state index in [4.69, 9.17) is 18.9 Å². The largest absolute Gasteiger partial charge is 0.466 e. The van der Waals surface area contributed by atoms with E-state index < -0.39 is 11.9 Å². The minimum Gasteiger partial charge on any atom is -0.466 e. The maximum atomic E-state index is 12.5. The Morgan fingerprint density at radius 3 is 2.27 bits per heavy atom. The Hall–Kier alpha value is -4.05. The van der Waals surface area contributed by atoms with Crippen LogP contribution < -0.4 is 10.2 Å². The Labute approximate surface area is 215 Å². The van der Waals surface area contributed by atoms with E-state index in [0.29, 0.717) is 18.8 Å². The lowest BCUT2D eigenvalue weighted by molar-refractivity contribution is -0.140. The van der Waals surface area contributed by atoms with E-state index in [1.165, 1.54) is 14.2 Å². The number of amides is 1. The number of benzene rings is 2. The Balaban J connectivity index is 1.33. The third kappa shape index (κ3) is 6.39. The lowest BCUT2D eigenvalue weighted by Crippen LogP contribution is -2.42. The number of likely N-dealkylation sites (tertiary alicyclic amines) is 1. The highest BCUT2D eigenvalue weighted by Crippen LogP contribution is 2.28. The molecule has 0 bridgehead atoms. The summed E-state index contributed by atoms with van der Waals surface area (Å²) >= 11 is 0. The maximum absolute atomic E-state index is 12.5. The molecule has 0 unspecified atom stereocenters. The van der Waals surface area contributed by atoms with Gasteiger partial charge in [0.1, 0.15) is 19.0 Å². The van der Waals surface area contributed by atoms with Crippen LogP contribution in [0, 0.1) is 0 Å². The van der Waals surface area contributed by atoms with Crippen molar-refractivity contribution in [1.82, 2.24) is 4.90 Å². The minimum atomic E-state index is -0.640. The van der Waals surface area contributed by atoms with E-state index in [-0.39, 0.29) is 43.3 Å². The third-order valence-electron chi connectivity index (χ3n) is 6.34. The average molecular weight is 510 g/mol. The number of esters is 2. The molecule has 196 valence electrons. The molecule has 0 aliphatic carbocycles. The van der Waals surface area contributed by atoms with Gasteiger partial charge < -0.3 is 34.1 Å². The van der Waals surface area contributed by atoms with Crippen LogP contribution in [0.2, 0.25) is 0 Å². The van der Waals surface area contributed by atoms with Gasteiger partial charge in [-0.3, -0.25) is 0 Å². The molecule has 10 heteroatoms. The summed E-state index contributed by atoms with van der Waals surface area (Å²) in [5, 5.41) is 3.50. The van der Waals surface area contributed by atoms with Gasteiger partial charge in [0.15, 0.2) is 0 Å². The van der Waals surface area contributed by atoms with Crippen molar-refractivity contribution < 1.29 is 33.3 Å². The zero-order valence-corrected chi connectivity index (χ0v) is 21.0. The van der Waals surface area contributed by atoms with Crippen LogP contribution in [0.4, 0.5) is 16.2 Å². The van der Waals surface area contributed by atoms with Crippen LogP contribution in [-0.4, -0.2) is 69.6 Å². The number of hydrogen-bond donors (Lipinski definition) is 1. The van der Waals surface area contributed by atoms with Crippen LogP contribution in [0.3, 0.4) is 0 Å². The first-order valence-corrected chi connectivity index (χ1v) is 12.1. The highest BCUT2D eigenvalue weighted by atomic mass is 16.6. The van der Waals surface area contributed by atoms with Crippen molar-refractivity contribution in [1.29, 1.82) is 0 Å². The molecule has 2 aliphatic heterocycles. The first-order chi connectivity index (χ1) is 18.0. The summed E-state index contributed by atoms with van der Waals surface area (Å²) in [6, 6.07) is 17.3. The molecule has 0 spiro atoms. The summed E-state index contributed by atoms with van der Waals surface area (Å²) in [4.78, 5) is 40.4. The predicted molar refractivity (Wildman–Crippen MR) is 136 cm³/mol. The molecule has 2 aromatic carbocycles. The van der Waals surface area contributed by atoms with Crippen LogP contribution in [0.25, 0.3) is 0 Å². The van der Waals surface area contributed by atoms with Gasteiger partial charge in [0.25, 0.3) is 0 Å². The normalized spacial score (nSPS) is 16.3. The molecule has 0 radical (unpaired) electrons. The van der Waals surface area contributed by atoms with Crippen molar-refractivity contribution in [2.45, 2.75) is 25.5 Å². The van der Waals surface area contributed by atoms with E-state index in [1.807, 2.05) is 54.6 Å². The molecule has 0 aromatic heterocycles. The zero-order chi connectivity index (χ0) is 26.2. The Kier molecular flexibility index (Phi) is 8.63. The minimum absolute atomic E-state index is 0.0360. The second-order valence-electron chi connectivity index (χ2n) is 8.71. The van der Waals surface area contributed by atoms with Crippen LogP contribution >= 0.6 is 0 Å². The Morgan fingerprint density at radius 1 is 0.946 bits per heavy atom.